The van der Waals surface area contributed by atoms with Crippen LogP contribution in [0.1, 0.15) is 12.0 Å². The lowest BCUT2D eigenvalue weighted by molar-refractivity contribution is -0.137. The second-order valence-corrected chi connectivity index (χ2v) is 6.91. The number of aromatic nitrogens is 3. The van der Waals surface area contributed by atoms with E-state index in [-0.39, 0.29) is 5.91 Å². The molecule has 0 aliphatic carbocycles. The van der Waals surface area contributed by atoms with Crippen LogP contribution < -0.4 is 11.1 Å². The van der Waals surface area contributed by atoms with Gasteiger partial charge in [-0.05, 0) is 18.2 Å². The number of carbonyl (C=O) groups is 1. The van der Waals surface area contributed by atoms with Crippen LogP contribution in [0.5, 0.6) is 0 Å². The van der Waals surface area contributed by atoms with Gasteiger partial charge < -0.3 is 21.1 Å². The average Bonchev–Trinajstić information content (AvgIpc) is 3.00. The van der Waals surface area contributed by atoms with Crippen LogP contribution in [-0.2, 0) is 4.79 Å². The topological polar surface area (TPSA) is 117 Å². The van der Waals surface area contributed by atoms with E-state index in [0.717, 1.165) is 10.9 Å². The number of rotatable bonds is 2. The van der Waals surface area contributed by atoms with Crippen molar-refractivity contribution < 1.29 is 9.90 Å². The summed E-state index contributed by atoms with van der Waals surface area (Å²) in [6, 6.07) is 9.11. The summed E-state index contributed by atoms with van der Waals surface area (Å²) in [5, 5.41) is 14.3. The molecule has 0 radical (unpaired) electrons. The maximum Gasteiger partial charge on any atom is 0.267 e. The van der Waals surface area contributed by atoms with Crippen molar-refractivity contribution in [3.63, 3.8) is 0 Å². The van der Waals surface area contributed by atoms with Crippen molar-refractivity contribution in [3.8, 4) is 23.2 Å². The van der Waals surface area contributed by atoms with Crippen LogP contribution in [0.4, 0.5) is 11.6 Å². The normalized spacial score (nSPS) is 18.6. The Balaban J connectivity index is 1.75. The van der Waals surface area contributed by atoms with Crippen LogP contribution in [0.25, 0.3) is 22.3 Å². The van der Waals surface area contributed by atoms with Crippen molar-refractivity contribution >= 4 is 28.4 Å². The van der Waals surface area contributed by atoms with Gasteiger partial charge in [-0.3, -0.25) is 4.79 Å². The Morgan fingerprint density at radius 2 is 2.14 bits per heavy atom. The molecule has 1 aromatic carbocycles. The van der Waals surface area contributed by atoms with Gasteiger partial charge in [0.15, 0.2) is 5.82 Å². The lowest BCUT2D eigenvalue weighted by atomic mass is 10.0. The standard InChI is InChI=1S/C21H20N6O2/c1-23-19-15-7-10-24-17(22)16(15)25-18(26-19)14-5-3-4-13(12-14)6-8-21(29)9-11-27(2)20(21)28/h3-5,7,10,12,29H,9,11H2,1-2H3,(H2,22,24)(H,23,25,26)/t21-/m0/s1. The van der Waals surface area contributed by atoms with Crippen molar-refractivity contribution in [2.75, 3.05) is 31.7 Å². The lowest BCUT2D eigenvalue weighted by Crippen LogP contribution is -2.37. The third-order valence-electron chi connectivity index (χ3n) is 4.92. The second kappa shape index (κ2) is 7.04. The number of benzene rings is 1. The number of nitrogens with zero attached hydrogens (tertiary/aromatic N) is 4. The number of likely N-dealkylation sites (tertiary alicyclic amines) is 1. The Morgan fingerprint density at radius 3 is 2.86 bits per heavy atom. The number of nitrogens with one attached hydrogen (secondary N) is 1. The first-order chi connectivity index (χ1) is 13.9. The summed E-state index contributed by atoms with van der Waals surface area (Å²) >= 11 is 0. The predicted octanol–water partition coefficient (Wildman–Crippen LogP) is 1.26. The van der Waals surface area contributed by atoms with E-state index < -0.39 is 5.60 Å². The van der Waals surface area contributed by atoms with Crippen LogP contribution in [-0.4, -0.2) is 57.1 Å². The van der Waals surface area contributed by atoms with Crippen LogP contribution >= 0.6 is 0 Å². The lowest BCUT2D eigenvalue weighted by Gasteiger charge is -2.13. The monoisotopic (exact) mass is 388 g/mol. The summed E-state index contributed by atoms with van der Waals surface area (Å²) in [4.78, 5) is 26.8. The molecule has 1 saturated heterocycles. The molecule has 0 saturated carbocycles. The Kier molecular flexibility index (Phi) is 4.53. The maximum atomic E-state index is 12.1. The van der Waals surface area contributed by atoms with E-state index in [2.05, 4.69) is 32.1 Å². The minimum absolute atomic E-state index is 0.292. The number of amides is 1. The highest BCUT2D eigenvalue weighted by Crippen LogP contribution is 2.27. The fourth-order valence-electron chi connectivity index (χ4n) is 3.28. The number of nitrogen functional groups attached to an aromatic ring is 1. The Labute approximate surface area is 167 Å². The van der Waals surface area contributed by atoms with Gasteiger partial charge in [-0.15, -0.1) is 0 Å². The van der Waals surface area contributed by atoms with E-state index in [1.165, 1.54) is 4.90 Å². The van der Waals surface area contributed by atoms with Crippen LogP contribution in [0, 0.1) is 11.8 Å². The number of anilines is 2. The third kappa shape index (κ3) is 3.32. The zero-order chi connectivity index (χ0) is 20.6. The van der Waals surface area contributed by atoms with Gasteiger partial charge in [0.05, 0.1) is 0 Å². The average molecular weight is 388 g/mol. The highest BCUT2D eigenvalue weighted by Gasteiger charge is 2.42. The molecular weight excluding hydrogens is 368 g/mol. The van der Waals surface area contributed by atoms with E-state index in [9.17, 15) is 9.90 Å². The molecule has 8 nitrogen and oxygen atoms in total. The summed E-state index contributed by atoms with van der Waals surface area (Å²) in [5.74, 6) is 6.70. The number of likely N-dealkylation sites (N-methyl/N-ethyl adjacent to an activating group) is 1. The highest BCUT2D eigenvalue weighted by atomic mass is 16.3. The molecule has 1 amide bonds. The molecule has 3 heterocycles. The maximum absolute atomic E-state index is 12.1. The van der Waals surface area contributed by atoms with Gasteiger partial charge in [0, 0.05) is 49.8 Å². The number of hydrogen-bond donors (Lipinski definition) is 3. The molecule has 0 unspecified atom stereocenters. The van der Waals surface area contributed by atoms with E-state index in [0.29, 0.717) is 41.5 Å². The van der Waals surface area contributed by atoms with Gasteiger partial charge in [0.1, 0.15) is 17.2 Å². The molecule has 146 valence electrons. The first-order valence-corrected chi connectivity index (χ1v) is 9.13. The highest BCUT2D eigenvalue weighted by molar-refractivity contribution is 5.96. The molecule has 3 aromatic rings. The van der Waals surface area contributed by atoms with Gasteiger partial charge in [-0.25, -0.2) is 15.0 Å². The first kappa shape index (κ1) is 18.7. The zero-order valence-electron chi connectivity index (χ0n) is 16.1. The Bertz CT molecular complexity index is 1180. The number of hydrogen-bond acceptors (Lipinski definition) is 7. The van der Waals surface area contributed by atoms with Crippen molar-refractivity contribution in [3.05, 3.63) is 42.1 Å². The molecule has 0 spiro atoms. The van der Waals surface area contributed by atoms with Gasteiger partial charge in [0.2, 0.25) is 5.60 Å². The molecule has 1 fully saturated rings. The molecule has 29 heavy (non-hydrogen) atoms. The molecule has 8 heteroatoms. The van der Waals surface area contributed by atoms with Gasteiger partial charge in [-0.1, -0.05) is 24.0 Å². The molecule has 1 aliphatic rings. The van der Waals surface area contributed by atoms with Gasteiger partial charge >= 0.3 is 0 Å². The summed E-state index contributed by atoms with van der Waals surface area (Å²) in [5.41, 5.74) is 6.31. The molecule has 1 aliphatic heterocycles. The molecule has 1 atom stereocenters. The smallest absolute Gasteiger partial charge is 0.267 e. The predicted molar refractivity (Wildman–Crippen MR) is 111 cm³/mol. The minimum atomic E-state index is -1.64. The third-order valence-corrected chi connectivity index (χ3v) is 4.92. The van der Waals surface area contributed by atoms with Crippen molar-refractivity contribution in [1.29, 1.82) is 0 Å². The first-order valence-electron chi connectivity index (χ1n) is 9.13. The van der Waals surface area contributed by atoms with Crippen LogP contribution in [0.2, 0.25) is 0 Å². The number of carbonyl (C=O) groups excluding carboxylic acids is 1. The Hall–Kier alpha value is -3.70. The van der Waals surface area contributed by atoms with E-state index >= 15 is 0 Å². The van der Waals surface area contributed by atoms with E-state index in [1.54, 1.807) is 32.4 Å². The van der Waals surface area contributed by atoms with Crippen molar-refractivity contribution in [1.82, 2.24) is 19.9 Å². The summed E-state index contributed by atoms with van der Waals surface area (Å²) < 4.78 is 0. The van der Waals surface area contributed by atoms with E-state index in [1.807, 2.05) is 18.2 Å². The van der Waals surface area contributed by atoms with Crippen LogP contribution in [0.15, 0.2) is 36.5 Å². The summed E-state index contributed by atoms with van der Waals surface area (Å²) in [6.45, 7) is 0.483. The fourth-order valence-corrected chi connectivity index (χ4v) is 3.28. The molecule has 0 bridgehead atoms. The Morgan fingerprint density at radius 1 is 1.31 bits per heavy atom. The van der Waals surface area contributed by atoms with Crippen molar-refractivity contribution in [2.24, 2.45) is 0 Å². The summed E-state index contributed by atoms with van der Waals surface area (Å²) in [6.07, 6.45) is 1.91. The van der Waals surface area contributed by atoms with Gasteiger partial charge in [0.25, 0.3) is 5.91 Å². The van der Waals surface area contributed by atoms with Gasteiger partial charge in [-0.2, -0.15) is 0 Å². The summed E-state index contributed by atoms with van der Waals surface area (Å²) in [7, 11) is 3.43. The molecule has 4 rings (SSSR count). The fraction of sp³-hybridized carbons (Fsp3) is 0.238. The van der Waals surface area contributed by atoms with E-state index in [4.69, 9.17) is 5.73 Å². The SMILES string of the molecule is CNc1nc(-c2cccc(C#C[C@]3(O)CCN(C)C3=O)c2)nc2c(N)nccc12. The molecule has 4 N–H and O–H groups in total. The zero-order valence-corrected chi connectivity index (χ0v) is 16.1. The number of aliphatic hydroxyl groups is 1. The number of fused-ring (bicyclic) bond motifs is 1. The molecular formula is C21H20N6O2. The van der Waals surface area contributed by atoms with Crippen LogP contribution in [0.3, 0.4) is 0 Å². The molecule has 2 aromatic heterocycles. The minimum Gasteiger partial charge on any atom is -0.382 e. The second-order valence-electron chi connectivity index (χ2n) is 6.91. The number of pyridine rings is 1. The number of nitrogens with two attached hydrogens (primary N) is 1. The largest absolute Gasteiger partial charge is 0.382 e. The van der Waals surface area contributed by atoms with Crippen molar-refractivity contribution in [2.45, 2.75) is 12.0 Å². The quantitative estimate of drug-likeness (QED) is 0.566.